The predicted molar refractivity (Wildman–Crippen MR) is 145 cm³/mol. The quantitative estimate of drug-likeness (QED) is 0.393. The van der Waals surface area contributed by atoms with Crippen LogP contribution < -0.4 is 10.2 Å². The van der Waals surface area contributed by atoms with Crippen molar-refractivity contribution in [2.75, 3.05) is 44.2 Å². The van der Waals surface area contributed by atoms with Crippen LogP contribution in [-0.4, -0.2) is 55.1 Å². The van der Waals surface area contributed by atoms with Crippen molar-refractivity contribution in [3.05, 3.63) is 95.5 Å². The molecule has 1 fully saturated rings. The van der Waals surface area contributed by atoms with Crippen LogP contribution in [0.2, 0.25) is 0 Å². The van der Waals surface area contributed by atoms with Gasteiger partial charge in [-0.1, -0.05) is 60.7 Å². The van der Waals surface area contributed by atoms with Crippen molar-refractivity contribution >= 4 is 33.1 Å². The molecule has 2 heterocycles. The largest absolute Gasteiger partial charge is 0.369 e. The SMILES string of the molecule is CC(Cc1nc2ccccc2s1)(C(=O)NCCN1CCN(c2ccccc2)CC1)c1ccccc1. The Morgan fingerprint density at radius 2 is 1.57 bits per heavy atom. The van der Waals surface area contributed by atoms with Crippen LogP contribution in [0, 0.1) is 0 Å². The van der Waals surface area contributed by atoms with Crippen molar-refractivity contribution in [2.24, 2.45) is 0 Å². The van der Waals surface area contributed by atoms with Crippen LogP contribution in [-0.2, 0) is 16.6 Å². The first-order chi connectivity index (χ1) is 17.1. The van der Waals surface area contributed by atoms with Crippen LogP contribution in [0.1, 0.15) is 17.5 Å². The number of hydrogen-bond acceptors (Lipinski definition) is 5. The molecule has 0 radical (unpaired) electrons. The molecule has 0 spiro atoms. The first-order valence-electron chi connectivity index (χ1n) is 12.3. The molecule has 35 heavy (non-hydrogen) atoms. The van der Waals surface area contributed by atoms with Crippen molar-refractivity contribution in [1.82, 2.24) is 15.2 Å². The second-order valence-electron chi connectivity index (χ2n) is 9.37. The van der Waals surface area contributed by atoms with Crippen LogP contribution in [0.25, 0.3) is 10.2 Å². The highest BCUT2D eigenvalue weighted by atomic mass is 32.1. The number of nitrogens with one attached hydrogen (secondary N) is 1. The molecule has 1 unspecified atom stereocenters. The topological polar surface area (TPSA) is 48.5 Å². The molecule has 0 saturated carbocycles. The third kappa shape index (κ3) is 5.39. The van der Waals surface area contributed by atoms with E-state index in [4.69, 9.17) is 4.98 Å². The number of amides is 1. The lowest BCUT2D eigenvalue weighted by molar-refractivity contribution is -0.126. The summed E-state index contributed by atoms with van der Waals surface area (Å²) < 4.78 is 1.16. The molecule has 4 aromatic rings. The third-order valence-corrected chi connectivity index (χ3v) is 8.00. The molecule has 1 saturated heterocycles. The Balaban J connectivity index is 1.21. The van der Waals surface area contributed by atoms with Gasteiger partial charge in [-0.05, 0) is 36.8 Å². The van der Waals surface area contributed by atoms with Crippen LogP contribution in [0.3, 0.4) is 0 Å². The summed E-state index contributed by atoms with van der Waals surface area (Å²) in [6, 6.07) is 28.9. The minimum absolute atomic E-state index is 0.0610. The molecule has 3 aromatic carbocycles. The fraction of sp³-hybridized carbons (Fsp3) is 0.310. The summed E-state index contributed by atoms with van der Waals surface area (Å²) in [5, 5.41) is 4.24. The molecule has 1 aliphatic rings. The zero-order valence-electron chi connectivity index (χ0n) is 20.2. The average molecular weight is 485 g/mol. The number of aromatic nitrogens is 1. The number of piperazine rings is 1. The number of para-hydroxylation sites is 2. The van der Waals surface area contributed by atoms with Gasteiger partial charge in [0.2, 0.25) is 5.91 Å². The van der Waals surface area contributed by atoms with E-state index < -0.39 is 5.41 Å². The fourth-order valence-electron chi connectivity index (χ4n) is 4.81. The first-order valence-corrected chi connectivity index (χ1v) is 13.1. The van der Waals surface area contributed by atoms with Gasteiger partial charge in [-0.25, -0.2) is 4.98 Å². The summed E-state index contributed by atoms with van der Waals surface area (Å²) in [6.07, 6.45) is 0.581. The summed E-state index contributed by atoms with van der Waals surface area (Å²) >= 11 is 1.68. The monoisotopic (exact) mass is 484 g/mol. The number of fused-ring (bicyclic) bond motifs is 1. The fourth-order valence-corrected chi connectivity index (χ4v) is 5.93. The van der Waals surface area contributed by atoms with E-state index in [-0.39, 0.29) is 5.91 Å². The lowest BCUT2D eigenvalue weighted by atomic mass is 9.78. The molecular formula is C29H32N4OS. The molecule has 1 atom stereocenters. The lowest BCUT2D eigenvalue weighted by Crippen LogP contribution is -2.50. The van der Waals surface area contributed by atoms with E-state index in [0.29, 0.717) is 13.0 Å². The smallest absolute Gasteiger partial charge is 0.230 e. The Kier molecular flexibility index (Phi) is 7.11. The van der Waals surface area contributed by atoms with Crippen molar-refractivity contribution in [3.8, 4) is 0 Å². The molecule has 1 aromatic heterocycles. The van der Waals surface area contributed by atoms with Crippen LogP contribution >= 0.6 is 11.3 Å². The second kappa shape index (κ2) is 10.6. The molecule has 1 N–H and O–H groups in total. The Labute approximate surface area is 211 Å². The summed E-state index contributed by atoms with van der Waals surface area (Å²) in [5.41, 5.74) is 2.63. The number of nitrogens with zero attached hydrogens (tertiary/aromatic N) is 3. The second-order valence-corrected chi connectivity index (χ2v) is 10.5. The van der Waals surface area contributed by atoms with E-state index in [0.717, 1.165) is 53.5 Å². The first kappa shape index (κ1) is 23.5. The molecule has 1 aliphatic heterocycles. The minimum atomic E-state index is -0.679. The zero-order chi connectivity index (χ0) is 24.1. The molecule has 180 valence electrons. The van der Waals surface area contributed by atoms with E-state index in [9.17, 15) is 4.79 Å². The van der Waals surface area contributed by atoms with Crippen molar-refractivity contribution < 1.29 is 4.79 Å². The van der Waals surface area contributed by atoms with E-state index in [1.165, 1.54) is 5.69 Å². The molecule has 0 aliphatic carbocycles. The zero-order valence-corrected chi connectivity index (χ0v) is 21.0. The number of carbonyl (C=O) groups is 1. The van der Waals surface area contributed by atoms with Crippen LogP contribution in [0.4, 0.5) is 5.69 Å². The van der Waals surface area contributed by atoms with Crippen molar-refractivity contribution in [1.29, 1.82) is 0 Å². The Morgan fingerprint density at radius 1 is 0.914 bits per heavy atom. The maximum Gasteiger partial charge on any atom is 0.230 e. The summed E-state index contributed by atoms with van der Waals surface area (Å²) in [5.74, 6) is 0.0610. The average Bonchev–Trinajstić information content (AvgIpc) is 3.32. The van der Waals surface area contributed by atoms with Gasteiger partial charge in [0.15, 0.2) is 0 Å². The van der Waals surface area contributed by atoms with Gasteiger partial charge in [-0.15, -0.1) is 11.3 Å². The van der Waals surface area contributed by atoms with Gasteiger partial charge in [0.25, 0.3) is 0 Å². The lowest BCUT2D eigenvalue weighted by Gasteiger charge is -2.36. The van der Waals surface area contributed by atoms with E-state index in [1.54, 1.807) is 11.3 Å². The van der Waals surface area contributed by atoms with Gasteiger partial charge in [0.05, 0.1) is 20.6 Å². The van der Waals surface area contributed by atoms with Crippen LogP contribution in [0.15, 0.2) is 84.9 Å². The maximum absolute atomic E-state index is 13.6. The third-order valence-electron chi connectivity index (χ3n) is 6.96. The van der Waals surface area contributed by atoms with E-state index in [2.05, 4.69) is 63.6 Å². The summed E-state index contributed by atoms with van der Waals surface area (Å²) in [7, 11) is 0. The van der Waals surface area contributed by atoms with E-state index in [1.807, 2.05) is 43.3 Å². The number of carbonyl (C=O) groups excluding carboxylic acids is 1. The van der Waals surface area contributed by atoms with Crippen molar-refractivity contribution in [2.45, 2.75) is 18.8 Å². The number of hydrogen-bond donors (Lipinski definition) is 1. The van der Waals surface area contributed by atoms with E-state index >= 15 is 0 Å². The molecule has 0 bridgehead atoms. The van der Waals surface area contributed by atoms with Gasteiger partial charge in [-0.2, -0.15) is 0 Å². The predicted octanol–water partition coefficient (Wildman–Crippen LogP) is 4.74. The Morgan fingerprint density at radius 3 is 2.29 bits per heavy atom. The molecule has 5 rings (SSSR count). The minimum Gasteiger partial charge on any atom is -0.369 e. The molecule has 6 heteroatoms. The molecule has 5 nitrogen and oxygen atoms in total. The van der Waals surface area contributed by atoms with Gasteiger partial charge in [-0.3, -0.25) is 9.69 Å². The van der Waals surface area contributed by atoms with Gasteiger partial charge in [0, 0.05) is 51.4 Å². The highest BCUT2D eigenvalue weighted by molar-refractivity contribution is 7.18. The molecular weight excluding hydrogens is 452 g/mol. The Bertz CT molecular complexity index is 1220. The summed E-state index contributed by atoms with van der Waals surface area (Å²) in [4.78, 5) is 23.3. The standard InChI is InChI=1S/C29H32N4OS/c1-29(23-10-4-2-5-11-23,22-27-31-25-14-8-9-15-26(25)35-27)28(34)30-16-17-32-18-20-33(21-19-32)24-12-6-3-7-13-24/h2-15H,16-22H2,1H3,(H,30,34). The number of benzene rings is 3. The van der Waals surface area contributed by atoms with Crippen molar-refractivity contribution in [3.63, 3.8) is 0 Å². The summed E-state index contributed by atoms with van der Waals surface area (Å²) in [6.45, 7) is 7.59. The Hall–Kier alpha value is -3.22. The number of thiazole rings is 1. The number of anilines is 1. The highest BCUT2D eigenvalue weighted by Gasteiger charge is 2.36. The number of rotatable bonds is 8. The van der Waals surface area contributed by atoms with Gasteiger partial charge < -0.3 is 10.2 Å². The normalized spacial score (nSPS) is 16.2. The van der Waals surface area contributed by atoms with Gasteiger partial charge in [0.1, 0.15) is 0 Å². The molecule has 1 amide bonds. The van der Waals surface area contributed by atoms with Gasteiger partial charge >= 0.3 is 0 Å². The highest BCUT2D eigenvalue weighted by Crippen LogP contribution is 2.32. The maximum atomic E-state index is 13.6. The van der Waals surface area contributed by atoms with Crippen LogP contribution in [0.5, 0.6) is 0 Å².